The van der Waals surface area contributed by atoms with E-state index in [9.17, 15) is 26.7 Å². The third-order valence-electron chi connectivity index (χ3n) is 2.37. The zero-order valence-corrected chi connectivity index (χ0v) is 10.5. The van der Waals surface area contributed by atoms with Crippen LogP contribution in [-0.2, 0) is 6.18 Å². The van der Waals surface area contributed by atoms with E-state index in [1.807, 2.05) is 5.32 Å². The fourth-order valence-corrected chi connectivity index (χ4v) is 1.54. The van der Waals surface area contributed by atoms with Crippen molar-refractivity contribution in [2.45, 2.75) is 19.5 Å². The lowest BCUT2D eigenvalue weighted by Crippen LogP contribution is -2.28. The van der Waals surface area contributed by atoms with Crippen molar-refractivity contribution < 1.29 is 26.7 Å². The van der Waals surface area contributed by atoms with Crippen LogP contribution in [0.4, 0.5) is 27.6 Å². The van der Waals surface area contributed by atoms with Crippen LogP contribution in [0.3, 0.4) is 0 Å². The Labute approximate surface area is 112 Å². The van der Waals surface area contributed by atoms with Crippen molar-refractivity contribution in [2.24, 2.45) is 0 Å². The summed E-state index contributed by atoms with van der Waals surface area (Å²) < 4.78 is 62.4. The van der Waals surface area contributed by atoms with Gasteiger partial charge in [0.15, 0.2) is 0 Å². The second kappa shape index (κ2) is 6.53. The largest absolute Gasteiger partial charge is 0.418 e. The van der Waals surface area contributed by atoms with Gasteiger partial charge in [-0.3, -0.25) is 4.79 Å². The molecule has 1 aromatic rings. The molecule has 0 radical (unpaired) electrons. The van der Waals surface area contributed by atoms with Gasteiger partial charge in [-0.1, -0.05) is 0 Å². The molecule has 1 amide bonds. The molecule has 3 nitrogen and oxygen atoms in total. The Bertz CT molecular complexity index is 473. The van der Waals surface area contributed by atoms with Gasteiger partial charge in [-0.2, -0.15) is 13.2 Å². The van der Waals surface area contributed by atoms with Gasteiger partial charge in [-0.05, 0) is 25.1 Å². The third kappa shape index (κ3) is 4.36. The molecule has 20 heavy (non-hydrogen) atoms. The Kier molecular flexibility index (Phi) is 5.29. The highest BCUT2D eigenvalue weighted by molar-refractivity contribution is 5.95. The zero-order valence-electron chi connectivity index (χ0n) is 10.5. The SMILES string of the molecule is CCNc1ccc(C(=O)NCC(F)F)cc1C(F)(F)F. The molecule has 0 bridgehead atoms. The number of anilines is 1. The van der Waals surface area contributed by atoms with Gasteiger partial charge in [-0.15, -0.1) is 0 Å². The lowest BCUT2D eigenvalue weighted by Gasteiger charge is -2.15. The molecule has 0 aliphatic rings. The first-order valence-electron chi connectivity index (χ1n) is 5.77. The molecule has 0 aromatic heterocycles. The summed E-state index contributed by atoms with van der Waals surface area (Å²) >= 11 is 0. The first kappa shape index (κ1) is 16.2. The van der Waals surface area contributed by atoms with Crippen LogP contribution in [-0.4, -0.2) is 25.4 Å². The number of carbonyl (C=O) groups is 1. The van der Waals surface area contributed by atoms with Crippen LogP contribution in [0, 0.1) is 0 Å². The van der Waals surface area contributed by atoms with Crippen molar-refractivity contribution in [3.63, 3.8) is 0 Å². The molecule has 8 heteroatoms. The molecule has 2 N–H and O–H groups in total. The molecule has 1 aromatic carbocycles. The number of hydrogen-bond donors (Lipinski definition) is 2. The maximum atomic E-state index is 12.8. The van der Waals surface area contributed by atoms with E-state index in [4.69, 9.17) is 0 Å². The van der Waals surface area contributed by atoms with Gasteiger partial charge in [0.05, 0.1) is 12.1 Å². The summed E-state index contributed by atoms with van der Waals surface area (Å²) in [7, 11) is 0. The minimum Gasteiger partial charge on any atom is -0.385 e. The van der Waals surface area contributed by atoms with Gasteiger partial charge >= 0.3 is 6.18 Å². The Morgan fingerprint density at radius 2 is 1.95 bits per heavy atom. The minimum absolute atomic E-state index is 0.162. The summed E-state index contributed by atoms with van der Waals surface area (Å²) in [4.78, 5) is 11.5. The average Bonchev–Trinajstić information content (AvgIpc) is 2.35. The van der Waals surface area contributed by atoms with Gasteiger partial charge in [0.25, 0.3) is 12.3 Å². The maximum absolute atomic E-state index is 12.8. The molecular formula is C12H13F5N2O. The molecule has 0 atom stereocenters. The monoisotopic (exact) mass is 296 g/mol. The first-order chi connectivity index (χ1) is 9.25. The van der Waals surface area contributed by atoms with Gasteiger partial charge in [0.2, 0.25) is 0 Å². The lowest BCUT2D eigenvalue weighted by molar-refractivity contribution is -0.137. The molecule has 0 aliphatic carbocycles. The predicted octanol–water partition coefficient (Wildman–Crippen LogP) is 3.13. The fourth-order valence-electron chi connectivity index (χ4n) is 1.54. The van der Waals surface area contributed by atoms with Crippen LogP contribution in [0.25, 0.3) is 0 Å². The quantitative estimate of drug-likeness (QED) is 0.820. The molecule has 1 rings (SSSR count). The van der Waals surface area contributed by atoms with Crippen molar-refractivity contribution in [2.75, 3.05) is 18.4 Å². The van der Waals surface area contributed by atoms with Gasteiger partial charge in [0, 0.05) is 17.8 Å². The van der Waals surface area contributed by atoms with Crippen LogP contribution in [0.5, 0.6) is 0 Å². The Hall–Kier alpha value is -1.86. The topological polar surface area (TPSA) is 41.1 Å². The van der Waals surface area contributed by atoms with Crippen molar-refractivity contribution >= 4 is 11.6 Å². The summed E-state index contributed by atoms with van der Waals surface area (Å²) in [5.41, 5.74) is -1.49. The van der Waals surface area contributed by atoms with Crippen molar-refractivity contribution in [1.29, 1.82) is 0 Å². The molecule has 0 fully saturated rings. The van der Waals surface area contributed by atoms with Gasteiger partial charge < -0.3 is 10.6 Å². The molecular weight excluding hydrogens is 283 g/mol. The van der Waals surface area contributed by atoms with E-state index in [0.717, 1.165) is 12.1 Å². The lowest BCUT2D eigenvalue weighted by atomic mass is 10.1. The van der Waals surface area contributed by atoms with Crippen molar-refractivity contribution in [1.82, 2.24) is 5.32 Å². The summed E-state index contributed by atoms with van der Waals surface area (Å²) in [5, 5.41) is 4.38. The van der Waals surface area contributed by atoms with E-state index in [-0.39, 0.29) is 17.8 Å². The Morgan fingerprint density at radius 3 is 2.45 bits per heavy atom. The van der Waals surface area contributed by atoms with E-state index in [1.165, 1.54) is 0 Å². The summed E-state index contributed by atoms with van der Waals surface area (Å²) in [6.07, 6.45) is -7.40. The molecule has 0 heterocycles. The molecule has 0 aliphatic heterocycles. The number of carbonyl (C=O) groups excluding carboxylic acids is 1. The molecule has 0 saturated heterocycles. The van der Waals surface area contributed by atoms with Crippen LogP contribution in [0.1, 0.15) is 22.8 Å². The highest BCUT2D eigenvalue weighted by Gasteiger charge is 2.34. The molecule has 112 valence electrons. The maximum Gasteiger partial charge on any atom is 0.418 e. The third-order valence-corrected chi connectivity index (χ3v) is 2.37. The van der Waals surface area contributed by atoms with E-state index in [1.54, 1.807) is 6.92 Å². The van der Waals surface area contributed by atoms with Crippen molar-refractivity contribution in [3.05, 3.63) is 29.3 Å². The second-order valence-electron chi connectivity index (χ2n) is 3.89. The minimum atomic E-state index is -4.64. The Balaban J connectivity index is 3.03. The first-order valence-corrected chi connectivity index (χ1v) is 5.77. The Morgan fingerprint density at radius 1 is 1.30 bits per heavy atom. The standard InChI is InChI=1S/C12H13F5N2O/c1-2-18-9-4-3-7(5-8(9)12(15,16)17)11(20)19-6-10(13)14/h3-5,10,18H,2,6H2,1H3,(H,19,20). The predicted molar refractivity (Wildman–Crippen MR) is 63.9 cm³/mol. The van der Waals surface area contributed by atoms with Gasteiger partial charge in [0.1, 0.15) is 0 Å². The highest BCUT2D eigenvalue weighted by Crippen LogP contribution is 2.35. The van der Waals surface area contributed by atoms with E-state index in [0.29, 0.717) is 6.07 Å². The molecule has 0 spiro atoms. The van der Waals surface area contributed by atoms with Crippen LogP contribution >= 0.6 is 0 Å². The molecule has 0 unspecified atom stereocenters. The van der Waals surface area contributed by atoms with Crippen molar-refractivity contribution in [3.8, 4) is 0 Å². The van der Waals surface area contributed by atoms with E-state index >= 15 is 0 Å². The van der Waals surface area contributed by atoms with E-state index in [2.05, 4.69) is 5.32 Å². The highest BCUT2D eigenvalue weighted by atomic mass is 19.4. The summed E-state index contributed by atoms with van der Waals surface area (Å²) in [6, 6.07) is 2.89. The smallest absolute Gasteiger partial charge is 0.385 e. The second-order valence-corrected chi connectivity index (χ2v) is 3.89. The van der Waals surface area contributed by atoms with Crippen LogP contribution < -0.4 is 10.6 Å². The fraction of sp³-hybridized carbons (Fsp3) is 0.417. The van der Waals surface area contributed by atoms with Gasteiger partial charge in [-0.25, -0.2) is 8.78 Å². The molecule has 0 saturated carbocycles. The number of rotatable bonds is 5. The number of halogens is 5. The summed E-state index contributed by atoms with van der Waals surface area (Å²) in [6.45, 7) is 0.999. The number of benzene rings is 1. The zero-order chi connectivity index (χ0) is 15.3. The number of alkyl halides is 5. The number of hydrogen-bond acceptors (Lipinski definition) is 2. The average molecular weight is 296 g/mol. The van der Waals surface area contributed by atoms with Crippen LogP contribution in [0.15, 0.2) is 18.2 Å². The number of nitrogens with one attached hydrogen (secondary N) is 2. The van der Waals surface area contributed by atoms with Crippen LogP contribution in [0.2, 0.25) is 0 Å². The summed E-state index contributed by atoms with van der Waals surface area (Å²) in [5.74, 6) is -0.973. The number of amides is 1. The van der Waals surface area contributed by atoms with E-state index < -0.39 is 30.6 Å². The normalized spacial score (nSPS) is 11.6.